The number of hydrogen-bond donors (Lipinski definition) is 2. The quantitative estimate of drug-likeness (QED) is 0.230. The molecule has 0 spiro atoms. The number of ether oxygens (including phenoxy) is 1. The van der Waals surface area contributed by atoms with E-state index in [4.69, 9.17) is 10.5 Å². The van der Waals surface area contributed by atoms with E-state index in [-0.39, 0.29) is 18.6 Å². The number of primary amides is 1. The first-order valence-corrected chi connectivity index (χ1v) is 14.6. The molecule has 0 radical (unpaired) electrons. The monoisotopic (exact) mass is 604 g/mol. The van der Waals surface area contributed by atoms with Crippen molar-refractivity contribution in [1.29, 1.82) is 0 Å². The lowest BCUT2D eigenvalue weighted by molar-refractivity contribution is -0.125. The Balaban J connectivity index is 1.41. The van der Waals surface area contributed by atoms with Crippen molar-refractivity contribution in [3.05, 3.63) is 126 Å². The third kappa shape index (κ3) is 6.87. The molecule has 0 fully saturated rings. The fourth-order valence-corrected chi connectivity index (χ4v) is 5.65. The number of aryl methyl sites for hydroxylation is 1. The van der Waals surface area contributed by atoms with Crippen molar-refractivity contribution in [2.24, 2.45) is 5.73 Å². The molecule has 1 heterocycles. The van der Waals surface area contributed by atoms with E-state index in [9.17, 15) is 26.8 Å². The van der Waals surface area contributed by atoms with E-state index in [0.717, 1.165) is 22.4 Å². The highest BCUT2D eigenvalue weighted by atomic mass is 32.2. The number of nitrogens with one attached hydrogen (secondary N) is 1. The second-order valence-corrected chi connectivity index (χ2v) is 11.4. The van der Waals surface area contributed by atoms with Crippen LogP contribution in [0.1, 0.15) is 29.2 Å². The normalized spacial score (nSPS) is 12.1. The number of aromatic nitrogens is 2. The minimum absolute atomic E-state index is 0.0253. The molecule has 12 heteroatoms. The summed E-state index contributed by atoms with van der Waals surface area (Å²) in [5.74, 6) is -3.90. The first kappa shape index (κ1) is 29.4. The summed E-state index contributed by atoms with van der Waals surface area (Å²) in [5.41, 5.74) is 7.67. The molecule has 3 N–H and O–H groups in total. The van der Waals surface area contributed by atoms with Crippen LogP contribution in [-0.4, -0.2) is 30.0 Å². The van der Waals surface area contributed by atoms with E-state index in [0.29, 0.717) is 29.8 Å². The zero-order chi connectivity index (χ0) is 30.6. The van der Waals surface area contributed by atoms with Crippen molar-refractivity contribution in [3.8, 4) is 5.75 Å². The van der Waals surface area contributed by atoms with Crippen molar-refractivity contribution in [2.45, 2.75) is 30.4 Å². The molecule has 9 nitrogen and oxygen atoms in total. The van der Waals surface area contributed by atoms with Crippen LogP contribution in [0.3, 0.4) is 0 Å². The molecule has 220 valence electrons. The Morgan fingerprint density at radius 1 is 0.953 bits per heavy atom. The molecule has 1 unspecified atom stereocenters. The molecule has 0 saturated carbocycles. The molecule has 43 heavy (non-hydrogen) atoms. The second kappa shape index (κ2) is 12.4. The number of carbonyl (C=O) groups excluding carboxylic acids is 2. The van der Waals surface area contributed by atoms with Gasteiger partial charge in [0.2, 0.25) is 12.0 Å². The van der Waals surface area contributed by atoms with Crippen molar-refractivity contribution in [3.63, 3.8) is 0 Å². The van der Waals surface area contributed by atoms with Gasteiger partial charge in [0, 0.05) is 24.4 Å². The number of fused-ring (bicyclic) bond motifs is 1. The SMILES string of the molecule is NC(=O)C(Oc1cc(Cn2cccn2)ccc1CCC(=O)NS(=O)(=O)c1ccc(F)c(F)c1)c1cccc2ccccc12. The Bertz CT molecular complexity index is 1910. The minimum atomic E-state index is -4.44. The third-order valence-electron chi connectivity index (χ3n) is 6.72. The first-order chi connectivity index (χ1) is 20.6. The summed E-state index contributed by atoms with van der Waals surface area (Å²) in [5, 5.41) is 5.88. The molecular weight excluding hydrogens is 578 g/mol. The predicted molar refractivity (Wildman–Crippen MR) is 154 cm³/mol. The van der Waals surface area contributed by atoms with Gasteiger partial charge in [0.25, 0.3) is 15.9 Å². The number of nitrogens with zero attached hydrogens (tertiary/aromatic N) is 2. The molecule has 1 atom stereocenters. The maximum atomic E-state index is 13.6. The fourth-order valence-electron chi connectivity index (χ4n) is 4.63. The second-order valence-electron chi connectivity index (χ2n) is 9.72. The van der Waals surface area contributed by atoms with Gasteiger partial charge < -0.3 is 10.5 Å². The molecule has 1 aromatic heterocycles. The van der Waals surface area contributed by atoms with Gasteiger partial charge in [0.05, 0.1) is 11.4 Å². The molecule has 0 saturated heterocycles. The van der Waals surface area contributed by atoms with Crippen molar-refractivity contribution in [1.82, 2.24) is 14.5 Å². The Kier molecular flexibility index (Phi) is 8.48. The summed E-state index contributed by atoms with van der Waals surface area (Å²) < 4.78 is 61.8. The Morgan fingerprint density at radius 3 is 2.49 bits per heavy atom. The summed E-state index contributed by atoms with van der Waals surface area (Å²) in [4.78, 5) is 24.8. The zero-order valence-electron chi connectivity index (χ0n) is 22.6. The van der Waals surface area contributed by atoms with E-state index < -0.39 is 44.5 Å². The largest absolute Gasteiger partial charge is 0.476 e. The predicted octanol–water partition coefficient (Wildman–Crippen LogP) is 4.41. The highest BCUT2D eigenvalue weighted by molar-refractivity contribution is 7.90. The van der Waals surface area contributed by atoms with Crippen LogP contribution in [0.2, 0.25) is 0 Å². The lowest BCUT2D eigenvalue weighted by Crippen LogP contribution is -2.31. The Morgan fingerprint density at radius 2 is 1.74 bits per heavy atom. The molecule has 0 aliphatic carbocycles. The van der Waals surface area contributed by atoms with Crippen LogP contribution in [0.15, 0.2) is 102 Å². The van der Waals surface area contributed by atoms with Crippen molar-refractivity contribution < 1.29 is 31.5 Å². The van der Waals surface area contributed by atoms with Crippen LogP contribution >= 0.6 is 0 Å². The van der Waals surface area contributed by atoms with E-state index in [2.05, 4.69) is 5.10 Å². The number of amides is 2. The fraction of sp³-hybridized carbons (Fsp3) is 0.129. The van der Waals surface area contributed by atoms with E-state index in [1.807, 2.05) is 35.1 Å². The molecule has 0 aliphatic heterocycles. The molecule has 0 bridgehead atoms. The van der Waals surface area contributed by atoms with E-state index >= 15 is 0 Å². The average Bonchev–Trinajstić information content (AvgIpc) is 3.49. The van der Waals surface area contributed by atoms with Gasteiger partial charge in [-0.25, -0.2) is 21.9 Å². The Hall–Kier alpha value is -5.10. The smallest absolute Gasteiger partial charge is 0.264 e. The van der Waals surface area contributed by atoms with Gasteiger partial charge in [-0.2, -0.15) is 5.10 Å². The van der Waals surface area contributed by atoms with Gasteiger partial charge in [-0.1, -0.05) is 54.6 Å². The number of rotatable bonds is 11. The third-order valence-corrected chi connectivity index (χ3v) is 8.09. The van der Waals surface area contributed by atoms with Crippen molar-refractivity contribution >= 4 is 32.6 Å². The highest BCUT2D eigenvalue weighted by Crippen LogP contribution is 2.31. The number of halogens is 2. The topological polar surface area (TPSA) is 133 Å². The van der Waals surface area contributed by atoms with Crippen LogP contribution in [-0.2, 0) is 32.6 Å². The van der Waals surface area contributed by atoms with Gasteiger partial charge in [-0.05, 0) is 58.7 Å². The minimum Gasteiger partial charge on any atom is -0.476 e. The maximum absolute atomic E-state index is 13.6. The van der Waals surface area contributed by atoms with Gasteiger partial charge in [-0.3, -0.25) is 14.3 Å². The lowest BCUT2D eigenvalue weighted by Gasteiger charge is -2.21. The van der Waals surface area contributed by atoms with Crippen LogP contribution in [0.25, 0.3) is 10.8 Å². The Labute approximate surface area is 245 Å². The van der Waals surface area contributed by atoms with Gasteiger partial charge in [0.15, 0.2) is 11.6 Å². The van der Waals surface area contributed by atoms with Gasteiger partial charge in [0.1, 0.15) is 5.75 Å². The van der Waals surface area contributed by atoms with Crippen molar-refractivity contribution in [2.75, 3.05) is 0 Å². The van der Waals surface area contributed by atoms with E-state index in [1.165, 1.54) is 0 Å². The molecule has 5 aromatic rings. The molecular formula is C31H26F2N4O5S. The molecule has 5 rings (SSSR count). The van der Waals surface area contributed by atoms with E-state index in [1.54, 1.807) is 53.5 Å². The van der Waals surface area contributed by atoms with Crippen LogP contribution in [0, 0.1) is 11.6 Å². The number of carbonyl (C=O) groups is 2. The lowest BCUT2D eigenvalue weighted by atomic mass is 9.99. The van der Waals surface area contributed by atoms with Gasteiger partial charge >= 0.3 is 0 Å². The standard InChI is InChI=1S/C31H26F2N4O5S/c32-26-13-12-23(18-27(26)33)43(40,41)36-29(38)14-11-22-10-9-20(19-37-16-4-15-35-37)17-28(22)42-30(31(34)39)25-8-3-6-21-5-1-2-7-24(21)25/h1-10,12-13,15-18,30H,11,14,19H2,(H2,34,39)(H,36,38). The van der Waals surface area contributed by atoms with Crippen LogP contribution in [0.4, 0.5) is 8.78 Å². The number of hydrogen-bond acceptors (Lipinski definition) is 6. The average molecular weight is 605 g/mol. The number of nitrogens with two attached hydrogens (primary N) is 1. The first-order valence-electron chi connectivity index (χ1n) is 13.1. The van der Waals surface area contributed by atoms with Gasteiger partial charge in [-0.15, -0.1) is 0 Å². The summed E-state index contributed by atoms with van der Waals surface area (Å²) in [6, 6.07) is 22.0. The summed E-state index contributed by atoms with van der Waals surface area (Å²) in [6.45, 7) is 0.395. The summed E-state index contributed by atoms with van der Waals surface area (Å²) in [6.07, 6.45) is 1.98. The zero-order valence-corrected chi connectivity index (χ0v) is 23.4. The number of benzene rings is 4. The maximum Gasteiger partial charge on any atom is 0.264 e. The summed E-state index contributed by atoms with van der Waals surface area (Å²) >= 11 is 0. The number of sulfonamides is 1. The molecule has 0 aliphatic rings. The molecule has 4 aromatic carbocycles. The van der Waals surface area contributed by atoms with Crippen LogP contribution in [0.5, 0.6) is 5.75 Å². The van der Waals surface area contributed by atoms with Crippen LogP contribution < -0.4 is 15.2 Å². The molecule has 2 amide bonds. The summed E-state index contributed by atoms with van der Waals surface area (Å²) in [7, 11) is -4.44. The highest BCUT2D eigenvalue weighted by Gasteiger charge is 2.25.